The Balaban J connectivity index is 2.26. The van der Waals surface area contributed by atoms with Crippen LogP contribution in [0.15, 0.2) is 53.3 Å². The van der Waals surface area contributed by atoms with Gasteiger partial charge in [-0.05, 0) is 49.6 Å². The number of anilines is 1. The van der Waals surface area contributed by atoms with E-state index in [-0.39, 0.29) is 11.3 Å². The van der Waals surface area contributed by atoms with E-state index in [2.05, 4.69) is 6.07 Å². The summed E-state index contributed by atoms with van der Waals surface area (Å²) in [6, 6.07) is 15.6. The van der Waals surface area contributed by atoms with Gasteiger partial charge in [0.2, 0.25) is 0 Å². The number of ether oxygens (including phenoxy) is 1. The van der Waals surface area contributed by atoms with E-state index < -0.39 is 11.5 Å². The van der Waals surface area contributed by atoms with Crippen molar-refractivity contribution in [2.45, 2.75) is 27.3 Å². The second-order valence-electron chi connectivity index (χ2n) is 7.04. The number of nitrogens with zero attached hydrogens (tertiary/aromatic N) is 1. The van der Waals surface area contributed by atoms with Gasteiger partial charge in [-0.25, -0.2) is 4.79 Å². The first-order valence-electron chi connectivity index (χ1n) is 9.06. The molecule has 0 bridgehead atoms. The molecule has 0 aliphatic heterocycles. The van der Waals surface area contributed by atoms with Crippen LogP contribution in [0, 0.1) is 20.8 Å². The number of aryl methyl sites for hydroxylation is 3. The molecule has 0 saturated carbocycles. The maximum absolute atomic E-state index is 13.1. The lowest BCUT2D eigenvalue weighted by Gasteiger charge is -2.18. The van der Waals surface area contributed by atoms with Crippen LogP contribution in [-0.2, 0) is 11.3 Å². The standard InChI is InChI=1S/C23H24N2O3/c1-14-6-5-7-17(11-14)20-12-19(23(27)28-4)21(24)22(26)25(20)13-18-9-8-15(2)10-16(18)3/h5-12H,13,24H2,1-4H3. The summed E-state index contributed by atoms with van der Waals surface area (Å²) in [4.78, 5) is 25.2. The lowest BCUT2D eigenvalue weighted by atomic mass is 10.0. The fourth-order valence-electron chi connectivity index (χ4n) is 3.34. The summed E-state index contributed by atoms with van der Waals surface area (Å²) in [6.45, 7) is 6.39. The van der Waals surface area contributed by atoms with Crippen LogP contribution in [-0.4, -0.2) is 17.6 Å². The van der Waals surface area contributed by atoms with Gasteiger partial charge >= 0.3 is 5.97 Å². The highest BCUT2D eigenvalue weighted by atomic mass is 16.5. The topological polar surface area (TPSA) is 74.3 Å². The molecule has 0 unspecified atom stereocenters. The van der Waals surface area contributed by atoms with Gasteiger partial charge in [0.05, 0.1) is 24.9 Å². The van der Waals surface area contributed by atoms with Crippen molar-refractivity contribution in [1.82, 2.24) is 4.57 Å². The highest BCUT2D eigenvalue weighted by Gasteiger charge is 2.20. The van der Waals surface area contributed by atoms with Crippen molar-refractivity contribution in [3.05, 3.63) is 86.7 Å². The fraction of sp³-hybridized carbons (Fsp3) is 0.217. The van der Waals surface area contributed by atoms with E-state index in [1.165, 1.54) is 7.11 Å². The molecule has 28 heavy (non-hydrogen) atoms. The number of pyridine rings is 1. The van der Waals surface area contributed by atoms with Crippen molar-refractivity contribution in [2.24, 2.45) is 0 Å². The van der Waals surface area contributed by atoms with Gasteiger partial charge in [-0.1, -0.05) is 47.5 Å². The first-order chi connectivity index (χ1) is 13.3. The monoisotopic (exact) mass is 376 g/mol. The number of aromatic nitrogens is 1. The Morgan fingerprint density at radius 2 is 1.75 bits per heavy atom. The van der Waals surface area contributed by atoms with Gasteiger partial charge in [-0.15, -0.1) is 0 Å². The van der Waals surface area contributed by atoms with Crippen molar-refractivity contribution in [3.63, 3.8) is 0 Å². The molecule has 1 aromatic heterocycles. The van der Waals surface area contributed by atoms with Crippen LogP contribution in [0.1, 0.15) is 32.6 Å². The Bertz CT molecular complexity index is 1110. The van der Waals surface area contributed by atoms with Crippen molar-refractivity contribution in [2.75, 3.05) is 12.8 Å². The largest absolute Gasteiger partial charge is 0.465 e. The zero-order valence-corrected chi connectivity index (χ0v) is 16.6. The minimum atomic E-state index is -0.623. The molecule has 0 spiro atoms. The van der Waals surface area contributed by atoms with E-state index in [4.69, 9.17) is 10.5 Å². The summed E-state index contributed by atoms with van der Waals surface area (Å²) < 4.78 is 6.43. The average molecular weight is 376 g/mol. The molecule has 1 heterocycles. The molecule has 0 saturated heterocycles. The predicted molar refractivity (Wildman–Crippen MR) is 112 cm³/mol. The summed E-state index contributed by atoms with van der Waals surface area (Å²) >= 11 is 0. The number of methoxy groups -OCH3 is 1. The van der Waals surface area contributed by atoms with Gasteiger partial charge in [0.25, 0.3) is 5.56 Å². The molecule has 5 heteroatoms. The normalized spacial score (nSPS) is 10.7. The predicted octanol–water partition coefficient (Wildman–Crippen LogP) is 3.86. The molecular weight excluding hydrogens is 352 g/mol. The number of nitrogens with two attached hydrogens (primary N) is 1. The lowest BCUT2D eigenvalue weighted by molar-refractivity contribution is 0.0601. The van der Waals surface area contributed by atoms with Crippen LogP contribution in [0.2, 0.25) is 0 Å². The molecular formula is C23H24N2O3. The summed E-state index contributed by atoms with van der Waals surface area (Å²) in [5.41, 5.74) is 11.4. The molecule has 144 valence electrons. The Labute approximate surface area is 164 Å². The number of hydrogen-bond donors (Lipinski definition) is 1. The molecule has 3 rings (SSSR count). The van der Waals surface area contributed by atoms with Crippen molar-refractivity contribution in [3.8, 4) is 11.3 Å². The first-order valence-corrected chi connectivity index (χ1v) is 9.06. The van der Waals surface area contributed by atoms with E-state index in [1.54, 1.807) is 10.6 Å². The number of esters is 1. The minimum Gasteiger partial charge on any atom is -0.465 e. The SMILES string of the molecule is COC(=O)c1cc(-c2cccc(C)c2)n(Cc2ccc(C)cc2C)c(=O)c1N. The van der Waals surface area contributed by atoms with E-state index >= 15 is 0 Å². The molecule has 2 N–H and O–H groups in total. The maximum atomic E-state index is 13.1. The van der Waals surface area contributed by atoms with Crippen LogP contribution in [0.4, 0.5) is 5.69 Å². The van der Waals surface area contributed by atoms with Gasteiger partial charge in [-0.2, -0.15) is 0 Å². The fourth-order valence-corrected chi connectivity index (χ4v) is 3.34. The number of nitrogen functional groups attached to an aromatic ring is 1. The maximum Gasteiger partial charge on any atom is 0.340 e. The minimum absolute atomic E-state index is 0.0842. The Kier molecular flexibility index (Phi) is 5.36. The molecule has 0 fully saturated rings. The molecule has 5 nitrogen and oxygen atoms in total. The van der Waals surface area contributed by atoms with Crippen LogP contribution in [0.5, 0.6) is 0 Å². The summed E-state index contributed by atoms with van der Waals surface area (Å²) in [7, 11) is 1.27. The second kappa shape index (κ2) is 7.72. The van der Waals surface area contributed by atoms with Crippen LogP contribution < -0.4 is 11.3 Å². The Morgan fingerprint density at radius 1 is 1.04 bits per heavy atom. The second-order valence-corrected chi connectivity index (χ2v) is 7.04. The van der Waals surface area contributed by atoms with Gasteiger partial charge < -0.3 is 15.0 Å². The van der Waals surface area contributed by atoms with Crippen molar-refractivity contribution in [1.29, 1.82) is 0 Å². The third kappa shape index (κ3) is 3.69. The molecule has 0 aliphatic rings. The molecule has 2 aromatic carbocycles. The lowest BCUT2D eigenvalue weighted by Crippen LogP contribution is -2.28. The molecule has 0 radical (unpaired) electrons. The van der Waals surface area contributed by atoms with Crippen LogP contribution >= 0.6 is 0 Å². The van der Waals surface area contributed by atoms with Gasteiger partial charge in [-0.3, -0.25) is 4.79 Å². The number of carbonyl (C=O) groups excluding carboxylic acids is 1. The van der Waals surface area contributed by atoms with Crippen molar-refractivity contribution < 1.29 is 9.53 Å². The molecule has 0 atom stereocenters. The average Bonchev–Trinajstić information content (AvgIpc) is 2.67. The van der Waals surface area contributed by atoms with E-state index in [0.717, 1.165) is 27.8 Å². The van der Waals surface area contributed by atoms with Gasteiger partial charge in [0.1, 0.15) is 5.69 Å². The summed E-state index contributed by atoms with van der Waals surface area (Å²) in [5, 5.41) is 0. The van der Waals surface area contributed by atoms with E-state index in [9.17, 15) is 9.59 Å². The third-order valence-corrected chi connectivity index (χ3v) is 4.88. The van der Waals surface area contributed by atoms with Gasteiger partial charge in [0.15, 0.2) is 0 Å². The molecule has 3 aromatic rings. The highest BCUT2D eigenvalue weighted by Crippen LogP contribution is 2.25. The van der Waals surface area contributed by atoms with Gasteiger partial charge in [0, 0.05) is 0 Å². The molecule has 0 amide bonds. The molecule has 0 aliphatic carbocycles. The summed E-state index contributed by atoms with van der Waals surface area (Å²) in [6.07, 6.45) is 0. The van der Waals surface area contributed by atoms with E-state index in [1.807, 2.05) is 57.2 Å². The smallest absolute Gasteiger partial charge is 0.340 e. The number of carbonyl (C=O) groups is 1. The van der Waals surface area contributed by atoms with E-state index in [0.29, 0.717) is 12.2 Å². The number of hydrogen-bond acceptors (Lipinski definition) is 4. The highest BCUT2D eigenvalue weighted by molar-refractivity contribution is 5.96. The van der Waals surface area contributed by atoms with Crippen LogP contribution in [0.3, 0.4) is 0 Å². The zero-order valence-electron chi connectivity index (χ0n) is 16.6. The Hall–Kier alpha value is -3.34. The number of rotatable bonds is 4. The van der Waals surface area contributed by atoms with Crippen LogP contribution in [0.25, 0.3) is 11.3 Å². The third-order valence-electron chi connectivity index (χ3n) is 4.88. The first kappa shape index (κ1) is 19.4. The zero-order chi connectivity index (χ0) is 20.4. The quantitative estimate of drug-likeness (QED) is 0.702. The number of benzene rings is 2. The Morgan fingerprint density at radius 3 is 2.39 bits per heavy atom. The van der Waals surface area contributed by atoms with Crippen molar-refractivity contribution >= 4 is 11.7 Å². The summed E-state index contributed by atoms with van der Waals surface area (Å²) in [5.74, 6) is -0.623.